The van der Waals surface area contributed by atoms with Crippen molar-refractivity contribution in [2.45, 2.75) is 44.6 Å². The van der Waals surface area contributed by atoms with Gasteiger partial charge in [0.15, 0.2) is 0 Å². The average molecular weight is 299 g/mol. The Morgan fingerprint density at radius 2 is 1.80 bits per heavy atom. The Balaban J connectivity index is 1.97. The van der Waals surface area contributed by atoms with E-state index in [1.54, 1.807) is 18.2 Å². The molecule has 0 bridgehead atoms. The maximum Gasteiger partial charge on any atom is 0.246 e. The summed E-state index contributed by atoms with van der Waals surface area (Å²) in [5.74, 6) is 1.89. The highest BCUT2D eigenvalue weighted by Crippen LogP contribution is 2.41. The molecular weight excluding hydrogens is 278 g/mol. The second-order valence-corrected chi connectivity index (χ2v) is 7.83. The molecule has 1 saturated carbocycles. The van der Waals surface area contributed by atoms with Crippen molar-refractivity contribution in [1.29, 1.82) is 0 Å². The molecule has 2 aliphatic rings. The van der Waals surface area contributed by atoms with Crippen molar-refractivity contribution in [3.05, 3.63) is 17.1 Å². The quantitative estimate of drug-likeness (QED) is 0.924. The highest BCUT2D eigenvalue weighted by molar-refractivity contribution is 7.89. The van der Waals surface area contributed by atoms with Gasteiger partial charge in [0.1, 0.15) is 16.4 Å². The van der Waals surface area contributed by atoms with Crippen LogP contribution in [0.2, 0.25) is 0 Å². The normalized spacial score (nSPS) is 27.1. The highest BCUT2D eigenvalue weighted by Gasteiger charge is 2.43. The summed E-state index contributed by atoms with van der Waals surface area (Å²) in [4.78, 5) is 0.178. The number of furan rings is 1. The van der Waals surface area contributed by atoms with Gasteiger partial charge in [-0.2, -0.15) is 4.31 Å². The average Bonchev–Trinajstić information content (AvgIpc) is 3.00. The molecule has 1 aromatic rings. The van der Waals surface area contributed by atoms with Crippen molar-refractivity contribution in [1.82, 2.24) is 4.31 Å². The van der Waals surface area contributed by atoms with Gasteiger partial charge in [0.05, 0.1) is 6.61 Å². The lowest BCUT2D eigenvalue weighted by molar-refractivity contribution is 0.276. The molecule has 6 heteroatoms. The predicted molar refractivity (Wildman–Crippen MR) is 73.7 cm³/mol. The van der Waals surface area contributed by atoms with Gasteiger partial charge in [0, 0.05) is 18.7 Å². The molecule has 3 rings (SSSR count). The van der Waals surface area contributed by atoms with Crippen LogP contribution < -0.4 is 0 Å². The third-order valence-corrected chi connectivity index (χ3v) is 6.80. The molecule has 1 N–H and O–H groups in total. The van der Waals surface area contributed by atoms with Crippen LogP contribution in [0.1, 0.15) is 36.3 Å². The SMILES string of the molecule is Cc1oc(C)c(S(=O)(=O)N2CC3CCCC3C2)c1CO. The van der Waals surface area contributed by atoms with Gasteiger partial charge in [-0.3, -0.25) is 0 Å². The van der Waals surface area contributed by atoms with Crippen LogP contribution in [0.3, 0.4) is 0 Å². The maximum absolute atomic E-state index is 12.8. The molecule has 1 aliphatic heterocycles. The van der Waals surface area contributed by atoms with E-state index in [1.165, 1.54) is 6.42 Å². The molecule has 0 aromatic carbocycles. The molecule has 112 valence electrons. The Kier molecular flexibility index (Phi) is 3.43. The van der Waals surface area contributed by atoms with Gasteiger partial charge in [0.25, 0.3) is 0 Å². The Labute approximate surface area is 119 Å². The van der Waals surface area contributed by atoms with E-state index in [0.717, 1.165) is 12.8 Å². The fourth-order valence-corrected chi connectivity index (χ4v) is 5.71. The zero-order valence-electron chi connectivity index (χ0n) is 11.9. The van der Waals surface area contributed by atoms with Gasteiger partial charge in [-0.1, -0.05) is 6.42 Å². The molecule has 0 radical (unpaired) electrons. The van der Waals surface area contributed by atoms with Crippen molar-refractivity contribution in [2.24, 2.45) is 11.8 Å². The second-order valence-electron chi connectivity index (χ2n) is 5.95. The number of rotatable bonds is 3. The first-order valence-electron chi connectivity index (χ1n) is 7.15. The molecule has 2 fully saturated rings. The molecule has 5 nitrogen and oxygen atoms in total. The van der Waals surface area contributed by atoms with E-state index in [2.05, 4.69) is 0 Å². The number of aryl methyl sites for hydroxylation is 2. The number of hydrogen-bond acceptors (Lipinski definition) is 4. The highest BCUT2D eigenvalue weighted by atomic mass is 32.2. The first-order valence-corrected chi connectivity index (χ1v) is 8.59. The zero-order chi connectivity index (χ0) is 14.5. The second kappa shape index (κ2) is 4.86. The number of hydrogen-bond donors (Lipinski definition) is 1. The largest absolute Gasteiger partial charge is 0.465 e. The van der Waals surface area contributed by atoms with Gasteiger partial charge < -0.3 is 9.52 Å². The summed E-state index contributed by atoms with van der Waals surface area (Å²) in [7, 11) is -3.55. The van der Waals surface area contributed by atoms with Crippen LogP contribution in [0.25, 0.3) is 0 Å². The molecular formula is C14H21NO4S. The summed E-state index contributed by atoms with van der Waals surface area (Å²) in [5.41, 5.74) is 0.402. The predicted octanol–water partition coefficient (Wildman–Crippen LogP) is 1.81. The minimum absolute atomic E-state index is 0.178. The van der Waals surface area contributed by atoms with Gasteiger partial charge in [-0.15, -0.1) is 0 Å². The number of aliphatic hydroxyl groups is 1. The van der Waals surface area contributed by atoms with Crippen LogP contribution >= 0.6 is 0 Å². The van der Waals surface area contributed by atoms with Crippen molar-refractivity contribution in [3.8, 4) is 0 Å². The van der Waals surface area contributed by atoms with Crippen LogP contribution in [0.15, 0.2) is 9.31 Å². The van der Waals surface area contributed by atoms with E-state index < -0.39 is 10.0 Å². The first-order chi connectivity index (χ1) is 9.45. The van der Waals surface area contributed by atoms with Gasteiger partial charge in [-0.05, 0) is 38.5 Å². The van der Waals surface area contributed by atoms with E-state index in [-0.39, 0.29) is 11.5 Å². The summed E-state index contributed by atoms with van der Waals surface area (Å²) in [5, 5.41) is 9.44. The number of aliphatic hydroxyl groups excluding tert-OH is 1. The van der Waals surface area contributed by atoms with Gasteiger partial charge in [-0.25, -0.2) is 8.42 Å². The van der Waals surface area contributed by atoms with Crippen LogP contribution in [0.4, 0.5) is 0 Å². The van der Waals surface area contributed by atoms with E-state index in [0.29, 0.717) is 42.0 Å². The lowest BCUT2D eigenvalue weighted by Gasteiger charge is -2.17. The fraction of sp³-hybridized carbons (Fsp3) is 0.714. The first kappa shape index (κ1) is 14.1. The zero-order valence-corrected chi connectivity index (χ0v) is 12.7. The molecule has 0 spiro atoms. The molecule has 1 aromatic heterocycles. The summed E-state index contributed by atoms with van der Waals surface area (Å²) in [6.45, 7) is 4.26. The summed E-state index contributed by atoms with van der Waals surface area (Å²) in [6, 6.07) is 0. The molecule has 2 atom stereocenters. The number of sulfonamides is 1. The number of nitrogens with zero attached hydrogens (tertiary/aromatic N) is 1. The van der Waals surface area contributed by atoms with Crippen molar-refractivity contribution in [3.63, 3.8) is 0 Å². The fourth-order valence-electron chi connectivity index (χ4n) is 3.75. The summed E-state index contributed by atoms with van der Waals surface area (Å²) >= 11 is 0. The number of fused-ring (bicyclic) bond motifs is 1. The Bertz CT molecular complexity index is 607. The topological polar surface area (TPSA) is 70.8 Å². The molecule has 20 heavy (non-hydrogen) atoms. The van der Waals surface area contributed by atoms with Gasteiger partial charge >= 0.3 is 0 Å². The Morgan fingerprint density at radius 1 is 1.20 bits per heavy atom. The van der Waals surface area contributed by atoms with Crippen LogP contribution in [0, 0.1) is 25.7 Å². The van der Waals surface area contributed by atoms with Crippen LogP contribution in [-0.2, 0) is 16.6 Å². The minimum Gasteiger partial charge on any atom is -0.465 e. The minimum atomic E-state index is -3.55. The van der Waals surface area contributed by atoms with Crippen molar-refractivity contribution >= 4 is 10.0 Å². The van der Waals surface area contributed by atoms with E-state index in [9.17, 15) is 13.5 Å². The Hall–Kier alpha value is -0.850. The third kappa shape index (κ3) is 2.01. The van der Waals surface area contributed by atoms with E-state index in [1.807, 2.05) is 0 Å². The van der Waals surface area contributed by atoms with Crippen molar-refractivity contribution in [2.75, 3.05) is 13.1 Å². The molecule has 2 unspecified atom stereocenters. The van der Waals surface area contributed by atoms with E-state index in [4.69, 9.17) is 4.42 Å². The van der Waals surface area contributed by atoms with Crippen LogP contribution in [0.5, 0.6) is 0 Å². The summed E-state index contributed by atoms with van der Waals surface area (Å²) < 4.78 is 32.7. The van der Waals surface area contributed by atoms with Crippen LogP contribution in [-0.4, -0.2) is 30.9 Å². The Morgan fingerprint density at radius 3 is 2.35 bits per heavy atom. The standard InChI is InChI=1S/C14H21NO4S/c1-9-13(8-16)14(10(2)19-9)20(17,18)15-6-11-4-3-5-12(11)7-15/h11-12,16H,3-8H2,1-2H3. The maximum atomic E-state index is 12.8. The van der Waals surface area contributed by atoms with E-state index >= 15 is 0 Å². The third-order valence-electron chi connectivity index (χ3n) is 4.77. The molecule has 1 aliphatic carbocycles. The summed E-state index contributed by atoms with van der Waals surface area (Å²) in [6.07, 6.45) is 3.48. The lowest BCUT2D eigenvalue weighted by atomic mass is 10.0. The monoisotopic (exact) mass is 299 g/mol. The van der Waals surface area contributed by atoms with Gasteiger partial charge in [0.2, 0.25) is 10.0 Å². The smallest absolute Gasteiger partial charge is 0.246 e. The molecule has 0 amide bonds. The molecule has 1 saturated heterocycles. The lowest BCUT2D eigenvalue weighted by Crippen LogP contribution is -2.30. The molecule has 2 heterocycles. The van der Waals surface area contributed by atoms with Crippen molar-refractivity contribution < 1.29 is 17.9 Å².